The predicted octanol–water partition coefficient (Wildman–Crippen LogP) is 4.17. The Morgan fingerprint density at radius 3 is 2.21 bits per heavy atom. The van der Waals surface area contributed by atoms with Crippen LogP contribution in [0.2, 0.25) is 0 Å². The van der Waals surface area contributed by atoms with Gasteiger partial charge in [-0.3, -0.25) is 4.90 Å². The minimum atomic E-state index is -3.45. The van der Waals surface area contributed by atoms with Crippen LogP contribution in [-0.2, 0) is 16.4 Å². The van der Waals surface area contributed by atoms with Crippen molar-refractivity contribution in [2.45, 2.75) is 30.7 Å². The van der Waals surface area contributed by atoms with E-state index in [4.69, 9.17) is 0 Å². The number of benzene rings is 3. The lowest BCUT2D eigenvalue weighted by atomic mass is 10.0. The number of aryl methyl sites for hydroxylation is 1. The van der Waals surface area contributed by atoms with Crippen molar-refractivity contribution in [1.29, 1.82) is 0 Å². The van der Waals surface area contributed by atoms with Gasteiger partial charge in [0.15, 0.2) is 0 Å². The molecule has 5 heteroatoms. The van der Waals surface area contributed by atoms with Crippen molar-refractivity contribution in [2.24, 2.45) is 0 Å². The zero-order valence-corrected chi connectivity index (χ0v) is 17.7. The summed E-state index contributed by atoms with van der Waals surface area (Å²) in [6, 6.07) is 24.3. The maximum atomic E-state index is 13.1. The van der Waals surface area contributed by atoms with Gasteiger partial charge in [-0.2, -0.15) is 4.31 Å². The van der Waals surface area contributed by atoms with Gasteiger partial charge < -0.3 is 0 Å². The number of hydrogen-bond acceptors (Lipinski definition) is 3. The second-order valence-electron chi connectivity index (χ2n) is 7.82. The maximum absolute atomic E-state index is 13.1. The summed E-state index contributed by atoms with van der Waals surface area (Å²) in [7, 11) is -3.45. The topological polar surface area (TPSA) is 40.6 Å². The molecule has 0 unspecified atom stereocenters. The fourth-order valence-corrected chi connectivity index (χ4v) is 5.52. The van der Waals surface area contributed by atoms with E-state index in [9.17, 15) is 8.42 Å². The zero-order chi connectivity index (χ0) is 20.3. The standard InChI is InChI=1S/C24H28N2O2S/c1-20(11-12-21-7-3-2-4-8-21)25-15-17-26(18-16-25)29(27,28)24-14-13-22-9-5-6-10-23(22)19-24/h2-10,13-14,19-20H,11-12,15-18H2,1H3/t20-/m1/s1. The van der Waals surface area contributed by atoms with Crippen molar-refractivity contribution in [1.82, 2.24) is 9.21 Å². The van der Waals surface area contributed by atoms with Gasteiger partial charge in [-0.25, -0.2) is 8.42 Å². The Morgan fingerprint density at radius 2 is 1.48 bits per heavy atom. The summed E-state index contributed by atoms with van der Waals surface area (Å²) < 4.78 is 27.9. The Balaban J connectivity index is 1.37. The van der Waals surface area contributed by atoms with Gasteiger partial charge in [-0.1, -0.05) is 60.7 Å². The van der Waals surface area contributed by atoms with Crippen LogP contribution in [0.3, 0.4) is 0 Å². The van der Waals surface area contributed by atoms with Gasteiger partial charge >= 0.3 is 0 Å². The zero-order valence-electron chi connectivity index (χ0n) is 16.9. The predicted molar refractivity (Wildman–Crippen MR) is 119 cm³/mol. The van der Waals surface area contributed by atoms with E-state index >= 15 is 0 Å². The van der Waals surface area contributed by atoms with Crippen LogP contribution in [-0.4, -0.2) is 49.8 Å². The highest BCUT2D eigenvalue weighted by atomic mass is 32.2. The summed E-state index contributed by atoms with van der Waals surface area (Å²) in [5, 5.41) is 2.02. The summed E-state index contributed by atoms with van der Waals surface area (Å²) in [6.07, 6.45) is 2.14. The molecule has 0 spiro atoms. The van der Waals surface area contributed by atoms with E-state index in [-0.39, 0.29) is 0 Å². The monoisotopic (exact) mass is 408 g/mol. The van der Waals surface area contributed by atoms with E-state index in [1.807, 2.05) is 36.4 Å². The average molecular weight is 409 g/mol. The summed E-state index contributed by atoms with van der Waals surface area (Å²) in [6.45, 7) is 4.90. The molecule has 4 nitrogen and oxygen atoms in total. The van der Waals surface area contributed by atoms with Crippen molar-refractivity contribution >= 4 is 20.8 Å². The van der Waals surface area contributed by atoms with E-state index in [1.54, 1.807) is 16.4 Å². The van der Waals surface area contributed by atoms with E-state index < -0.39 is 10.0 Å². The minimum absolute atomic E-state index is 0.391. The number of hydrogen-bond donors (Lipinski definition) is 0. The fourth-order valence-electron chi connectivity index (χ4n) is 4.06. The van der Waals surface area contributed by atoms with Crippen LogP contribution < -0.4 is 0 Å². The third-order valence-electron chi connectivity index (χ3n) is 5.95. The number of fused-ring (bicyclic) bond motifs is 1. The quantitative estimate of drug-likeness (QED) is 0.615. The van der Waals surface area contributed by atoms with Gasteiger partial charge in [-0.15, -0.1) is 0 Å². The normalized spacial score (nSPS) is 17.4. The molecular formula is C24H28N2O2S. The molecule has 3 aromatic rings. The first-order chi connectivity index (χ1) is 14.0. The first-order valence-corrected chi connectivity index (χ1v) is 11.7. The number of piperazine rings is 1. The maximum Gasteiger partial charge on any atom is 0.243 e. The Morgan fingerprint density at radius 1 is 0.828 bits per heavy atom. The highest BCUT2D eigenvalue weighted by molar-refractivity contribution is 7.89. The molecule has 0 saturated carbocycles. The van der Waals surface area contributed by atoms with Crippen LogP contribution in [0, 0.1) is 0 Å². The van der Waals surface area contributed by atoms with Gasteiger partial charge in [0, 0.05) is 32.2 Å². The third kappa shape index (κ3) is 4.53. The van der Waals surface area contributed by atoms with Gasteiger partial charge in [0.05, 0.1) is 4.90 Å². The summed E-state index contributed by atoms with van der Waals surface area (Å²) in [4.78, 5) is 2.80. The SMILES string of the molecule is C[C@H](CCc1ccccc1)N1CCN(S(=O)(=O)c2ccc3ccccc3c2)CC1. The Bertz CT molecular complexity index is 1060. The van der Waals surface area contributed by atoms with Crippen molar-refractivity contribution in [3.05, 3.63) is 78.4 Å². The molecule has 0 bridgehead atoms. The fraction of sp³-hybridized carbons (Fsp3) is 0.333. The highest BCUT2D eigenvalue weighted by Crippen LogP contribution is 2.23. The number of nitrogens with zero attached hydrogens (tertiary/aromatic N) is 2. The molecule has 0 aliphatic carbocycles. The highest BCUT2D eigenvalue weighted by Gasteiger charge is 2.30. The molecule has 29 heavy (non-hydrogen) atoms. The van der Waals surface area contributed by atoms with Crippen LogP contribution in [0.25, 0.3) is 10.8 Å². The van der Waals surface area contributed by atoms with Crippen LogP contribution in [0.4, 0.5) is 0 Å². The molecule has 0 aromatic heterocycles. The summed E-state index contributed by atoms with van der Waals surface area (Å²) in [5.41, 5.74) is 1.36. The molecule has 3 aromatic carbocycles. The smallest absolute Gasteiger partial charge is 0.243 e. The minimum Gasteiger partial charge on any atom is -0.298 e. The van der Waals surface area contributed by atoms with Gasteiger partial charge in [0.2, 0.25) is 10.0 Å². The molecule has 0 N–H and O–H groups in total. The van der Waals surface area contributed by atoms with Crippen LogP contribution in [0.5, 0.6) is 0 Å². The Kier molecular flexibility index (Phi) is 5.99. The lowest BCUT2D eigenvalue weighted by Crippen LogP contribution is -2.51. The number of sulfonamides is 1. The summed E-state index contributed by atoms with van der Waals surface area (Å²) in [5.74, 6) is 0. The van der Waals surface area contributed by atoms with E-state index in [0.29, 0.717) is 24.0 Å². The Hall–Kier alpha value is -2.21. The molecule has 1 heterocycles. The van der Waals surface area contributed by atoms with Crippen molar-refractivity contribution in [3.8, 4) is 0 Å². The summed E-state index contributed by atoms with van der Waals surface area (Å²) >= 11 is 0. The van der Waals surface area contributed by atoms with Crippen LogP contribution >= 0.6 is 0 Å². The molecule has 1 saturated heterocycles. The third-order valence-corrected chi connectivity index (χ3v) is 7.84. The Labute approximate surface area is 173 Å². The second-order valence-corrected chi connectivity index (χ2v) is 9.76. The molecular weight excluding hydrogens is 380 g/mol. The molecule has 4 rings (SSSR count). The molecule has 1 atom stereocenters. The second kappa shape index (κ2) is 8.66. The van der Waals surface area contributed by atoms with E-state index in [1.165, 1.54) is 5.56 Å². The van der Waals surface area contributed by atoms with Crippen molar-refractivity contribution in [2.75, 3.05) is 26.2 Å². The molecule has 0 amide bonds. The van der Waals surface area contributed by atoms with Gasteiger partial charge in [0.25, 0.3) is 0 Å². The average Bonchev–Trinajstić information content (AvgIpc) is 2.78. The van der Waals surface area contributed by atoms with E-state index in [0.717, 1.165) is 36.7 Å². The van der Waals surface area contributed by atoms with Crippen molar-refractivity contribution < 1.29 is 8.42 Å². The van der Waals surface area contributed by atoms with Crippen LogP contribution in [0.1, 0.15) is 18.9 Å². The first-order valence-electron chi connectivity index (χ1n) is 10.3. The molecule has 1 fully saturated rings. The van der Waals surface area contributed by atoms with Crippen LogP contribution in [0.15, 0.2) is 77.7 Å². The molecule has 1 aliphatic rings. The van der Waals surface area contributed by atoms with Crippen molar-refractivity contribution in [3.63, 3.8) is 0 Å². The van der Waals surface area contributed by atoms with Gasteiger partial charge in [-0.05, 0) is 48.2 Å². The molecule has 152 valence electrons. The first kappa shape index (κ1) is 20.1. The lowest BCUT2D eigenvalue weighted by molar-refractivity contribution is 0.140. The molecule has 1 aliphatic heterocycles. The van der Waals surface area contributed by atoms with E-state index in [2.05, 4.69) is 36.1 Å². The van der Waals surface area contributed by atoms with Gasteiger partial charge in [0.1, 0.15) is 0 Å². The lowest BCUT2D eigenvalue weighted by Gasteiger charge is -2.37. The number of rotatable bonds is 6. The molecule has 0 radical (unpaired) electrons. The largest absolute Gasteiger partial charge is 0.298 e.